The summed E-state index contributed by atoms with van der Waals surface area (Å²) in [6.07, 6.45) is 0. The van der Waals surface area contributed by atoms with Gasteiger partial charge in [0.25, 0.3) is 0 Å². The van der Waals surface area contributed by atoms with Crippen LogP contribution < -0.4 is 0 Å². The molecule has 0 amide bonds. The van der Waals surface area contributed by atoms with Gasteiger partial charge in [0, 0.05) is 5.56 Å². The number of rotatable bonds is 4. The third kappa shape index (κ3) is 3.56. The maximum Gasteiger partial charge on any atom is 0.161 e. The fourth-order valence-electron chi connectivity index (χ4n) is 2.32. The van der Waals surface area contributed by atoms with Crippen LogP contribution in [0.5, 0.6) is 0 Å². The van der Waals surface area contributed by atoms with Crippen molar-refractivity contribution >= 4 is 10.9 Å². The summed E-state index contributed by atoms with van der Waals surface area (Å²) in [5.41, 5.74) is 2.72. The Labute approximate surface area is 129 Å². The molecule has 0 aliphatic rings. The number of aryl methyl sites for hydroxylation is 1. The van der Waals surface area contributed by atoms with E-state index in [1.54, 1.807) is 0 Å². The Morgan fingerprint density at radius 2 is 1.10 bits per heavy atom. The third-order valence-electron chi connectivity index (χ3n) is 3.49. The van der Waals surface area contributed by atoms with Gasteiger partial charge in [0.1, 0.15) is 5.75 Å². The Morgan fingerprint density at radius 1 is 0.619 bits per heavy atom. The van der Waals surface area contributed by atoms with Gasteiger partial charge in [0.15, 0.2) is 9.79 Å². The summed E-state index contributed by atoms with van der Waals surface area (Å²) in [4.78, 5) is 2.81. The summed E-state index contributed by atoms with van der Waals surface area (Å²) in [5.74, 6) is 1.06. The predicted molar refractivity (Wildman–Crippen MR) is 91.7 cm³/mol. The molecule has 3 aromatic carbocycles. The van der Waals surface area contributed by atoms with Crippen molar-refractivity contribution in [3.05, 3.63) is 96.1 Å². The molecule has 1 heteroatoms. The third-order valence-corrected chi connectivity index (χ3v) is 5.79. The summed E-state index contributed by atoms with van der Waals surface area (Å²) >= 11 is 0. The highest BCUT2D eigenvalue weighted by Crippen LogP contribution is 2.27. The molecule has 0 nitrogen and oxygen atoms in total. The fourth-order valence-corrected chi connectivity index (χ4v) is 4.43. The lowest BCUT2D eigenvalue weighted by molar-refractivity contribution is 1.29. The van der Waals surface area contributed by atoms with Crippen LogP contribution in [0.25, 0.3) is 0 Å². The molecule has 0 aliphatic heterocycles. The van der Waals surface area contributed by atoms with E-state index in [4.69, 9.17) is 0 Å². The quantitative estimate of drug-likeness (QED) is 0.577. The average Bonchev–Trinajstić information content (AvgIpc) is 2.56. The largest absolute Gasteiger partial charge is 0.161 e. The molecule has 0 bridgehead atoms. The van der Waals surface area contributed by atoms with Crippen LogP contribution in [0, 0.1) is 6.92 Å². The second-order valence-corrected chi connectivity index (χ2v) is 7.16. The standard InChI is InChI=1S/C20H19S/c1-17-12-14-18(15-13-17)16-21(19-8-4-2-5-9-19)20-10-6-3-7-11-20/h2-15H,16H2,1H3/q+1. The first-order valence-electron chi connectivity index (χ1n) is 7.19. The van der Waals surface area contributed by atoms with Crippen LogP contribution in [0.2, 0.25) is 0 Å². The molecule has 0 radical (unpaired) electrons. The molecule has 0 unspecified atom stereocenters. The number of hydrogen-bond donors (Lipinski definition) is 0. The smallest absolute Gasteiger partial charge is 0.0619 e. The van der Waals surface area contributed by atoms with Gasteiger partial charge in [0.2, 0.25) is 0 Å². The Morgan fingerprint density at radius 3 is 1.57 bits per heavy atom. The summed E-state index contributed by atoms with van der Waals surface area (Å²) in [6, 6.07) is 30.6. The van der Waals surface area contributed by atoms with E-state index in [2.05, 4.69) is 91.9 Å². The molecule has 0 aromatic heterocycles. The van der Waals surface area contributed by atoms with Crippen molar-refractivity contribution in [2.24, 2.45) is 0 Å². The zero-order valence-electron chi connectivity index (χ0n) is 12.2. The maximum atomic E-state index is 2.25. The van der Waals surface area contributed by atoms with Crippen LogP contribution in [0.3, 0.4) is 0 Å². The zero-order chi connectivity index (χ0) is 14.5. The van der Waals surface area contributed by atoms with Gasteiger partial charge >= 0.3 is 0 Å². The van der Waals surface area contributed by atoms with Crippen LogP contribution in [0.15, 0.2) is 94.7 Å². The Hall–Kier alpha value is -1.99. The highest BCUT2D eigenvalue weighted by Gasteiger charge is 2.25. The van der Waals surface area contributed by atoms with Crippen LogP contribution in [0.1, 0.15) is 11.1 Å². The average molecular weight is 291 g/mol. The van der Waals surface area contributed by atoms with E-state index >= 15 is 0 Å². The van der Waals surface area contributed by atoms with E-state index in [0.717, 1.165) is 5.75 Å². The van der Waals surface area contributed by atoms with Crippen molar-refractivity contribution in [3.8, 4) is 0 Å². The molecule has 0 N–H and O–H groups in total. The van der Waals surface area contributed by atoms with E-state index in [9.17, 15) is 0 Å². The molecular weight excluding hydrogens is 272 g/mol. The molecule has 0 atom stereocenters. The monoisotopic (exact) mass is 291 g/mol. The molecule has 0 saturated heterocycles. The summed E-state index contributed by atoms with van der Waals surface area (Å²) in [5, 5.41) is 0. The highest BCUT2D eigenvalue weighted by atomic mass is 32.2. The van der Waals surface area contributed by atoms with E-state index in [1.165, 1.54) is 20.9 Å². The molecule has 104 valence electrons. The second-order valence-electron chi connectivity index (χ2n) is 5.15. The molecule has 0 aliphatic carbocycles. The van der Waals surface area contributed by atoms with Gasteiger partial charge in [-0.05, 0) is 31.2 Å². The van der Waals surface area contributed by atoms with E-state index < -0.39 is 0 Å². The molecule has 0 fully saturated rings. The topological polar surface area (TPSA) is 0 Å². The van der Waals surface area contributed by atoms with E-state index in [0.29, 0.717) is 0 Å². The van der Waals surface area contributed by atoms with Crippen molar-refractivity contribution in [2.45, 2.75) is 22.5 Å². The molecule has 21 heavy (non-hydrogen) atoms. The first kappa shape index (κ1) is 14.0. The van der Waals surface area contributed by atoms with Gasteiger partial charge in [-0.15, -0.1) is 0 Å². The van der Waals surface area contributed by atoms with Crippen LogP contribution in [-0.4, -0.2) is 0 Å². The van der Waals surface area contributed by atoms with Crippen LogP contribution in [-0.2, 0) is 16.6 Å². The highest BCUT2D eigenvalue weighted by molar-refractivity contribution is 7.96. The summed E-state index contributed by atoms with van der Waals surface area (Å²) < 4.78 is 0. The maximum absolute atomic E-state index is 2.25. The predicted octanol–water partition coefficient (Wildman–Crippen LogP) is 5.23. The molecule has 0 spiro atoms. The van der Waals surface area contributed by atoms with Crippen molar-refractivity contribution < 1.29 is 0 Å². The molecule has 0 saturated carbocycles. The van der Waals surface area contributed by atoms with Gasteiger partial charge in [-0.1, -0.05) is 66.2 Å². The Balaban J connectivity index is 1.95. The molecule has 3 aromatic rings. The first-order valence-corrected chi connectivity index (χ1v) is 8.59. The van der Waals surface area contributed by atoms with Crippen molar-refractivity contribution in [2.75, 3.05) is 0 Å². The van der Waals surface area contributed by atoms with Gasteiger partial charge < -0.3 is 0 Å². The normalized spacial score (nSPS) is 10.8. The van der Waals surface area contributed by atoms with E-state index in [1.807, 2.05) is 0 Å². The summed E-state index contributed by atoms with van der Waals surface area (Å²) in [6.45, 7) is 2.14. The van der Waals surface area contributed by atoms with Crippen molar-refractivity contribution in [1.29, 1.82) is 0 Å². The van der Waals surface area contributed by atoms with Gasteiger partial charge in [-0.3, -0.25) is 0 Å². The lowest BCUT2D eigenvalue weighted by Crippen LogP contribution is -2.07. The van der Waals surface area contributed by atoms with Crippen LogP contribution >= 0.6 is 0 Å². The zero-order valence-corrected chi connectivity index (χ0v) is 13.0. The number of hydrogen-bond acceptors (Lipinski definition) is 0. The molecular formula is C20H19S+. The van der Waals surface area contributed by atoms with Crippen molar-refractivity contribution in [1.82, 2.24) is 0 Å². The lowest BCUT2D eigenvalue weighted by Gasteiger charge is -2.08. The van der Waals surface area contributed by atoms with Gasteiger partial charge in [-0.25, -0.2) is 0 Å². The molecule has 3 rings (SSSR count). The van der Waals surface area contributed by atoms with E-state index in [-0.39, 0.29) is 10.9 Å². The minimum Gasteiger partial charge on any atom is -0.0619 e. The SMILES string of the molecule is Cc1ccc(C[S+](c2ccccc2)c2ccccc2)cc1. The minimum atomic E-state index is 0.0912. The number of benzene rings is 3. The molecule has 0 heterocycles. The van der Waals surface area contributed by atoms with Gasteiger partial charge in [0.05, 0.1) is 10.9 Å². The van der Waals surface area contributed by atoms with Gasteiger partial charge in [-0.2, -0.15) is 0 Å². The minimum absolute atomic E-state index is 0.0912. The van der Waals surface area contributed by atoms with Crippen molar-refractivity contribution in [3.63, 3.8) is 0 Å². The first-order chi connectivity index (χ1) is 10.3. The lowest BCUT2D eigenvalue weighted by atomic mass is 10.2. The Bertz CT molecular complexity index is 633. The Kier molecular flexibility index (Phi) is 4.42. The fraction of sp³-hybridized carbons (Fsp3) is 0.100. The van der Waals surface area contributed by atoms with Crippen LogP contribution in [0.4, 0.5) is 0 Å². The second kappa shape index (κ2) is 6.64. The summed E-state index contributed by atoms with van der Waals surface area (Å²) in [7, 11) is 0.0912.